The van der Waals surface area contributed by atoms with Crippen molar-refractivity contribution in [3.63, 3.8) is 0 Å². The van der Waals surface area contributed by atoms with Crippen LogP contribution in [-0.4, -0.2) is 41.8 Å². The van der Waals surface area contributed by atoms with Crippen molar-refractivity contribution < 1.29 is 23.8 Å². The Labute approximate surface area is 70.8 Å². The van der Waals surface area contributed by atoms with Gasteiger partial charge < -0.3 is 14.7 Å². The molecule has 0 bridgehead atoms. The van der Waals surface area contributed by atoms with Gasteiger partial charge in [0.25, 0.3) is 0 Å². The molecule has 0 spiro atoms. The predicted molar refractivity (Wildman–Crippen MR) is 42.1 cm³/mol. The summed E-state index contributed by atoms with van der Waals surface area (Å²) >= 11 is 0. The van der Waals surface area contributed by atoms with Crippen molar-refractivity contribution in [2.24, 2.45) is 0 Å². The first-order valence-corrected chi connectivity index (χ1v) is 5.55. The monoisotopic (exact) mass is 196 g/mol. The molecule has 3 unspecified atom stereocenters. The molecule has 5 nitrogen and oxygen atoms in total. The minimum absolute atomic E-state index is 0.0218. The molecular weight excluding hydrogens is 183 g/mol. The highest BCUT2D eigenvalue weighted by atomic mass is 31.2. The molecule has 1 aliphatic heterocycles. The Hall–Kier alpha value is 0.0700. The zero-order valence-electron chi connectivity index (χ0n) is 6.84. The molecule has 0 saturated carbocycles. The number of aliphatic hydroxyl groups excluding tert-OH is 2. The van der Waals surface area contributed by atoms with Gasteiger partial charge in [0.15, 0.2) is 0 Å². The number of aliphatic hydroxyl groups is 2. The van der Waals surface area contributed by atoms with Gasteiger partial charge in [-0.2, -0.15) is 0 Å². The second kappa shape index (κ2) is 3.85. The zero-order chi connectivity index (χ0) is 9.19. The van der Waals surface area contributed by atoms with Crippen molar-refractivity contribution >= 4 is 7.60 Å². The summed E-state index contributed by atoms with van der Waals surface area (Å²) in [6.45, 7) is 1.64. The van der Waals surface area contributed by atoms with Crippen molar-refractivity contribution in [3.8, 4) is 0 Å². The summed E-state index contributed by atoms with van der Waals surface area (Å²) in [6, 6.07) is 0. The summed E-state index contributed by atoms with van der Waals surface area (Å²) < 4.78 is 21.2. The van der Waals surface area contributed by atoms with Gasteiger partial charge in [-0.15, -0.1) is 0 Å². The lowest BCUT2D eigenvalue weighted by atomic mass is 10.2. The van der Waals surface area contributed by atoms with E-state index in [1.165, 1.54) is 0 Å². The normalized spacial score (nSPS) is 41.9. The van der Waals surface area contributed by atoms with Gasteiger partial charge in [-0.1, -0.05) is 0 Å². The van der Waals surface area contributed by atoms with E-state index in [1.807, 2.05) is 0 Å². The quantitative estimate of drug-likeness (QED) is 0.620. The van der Waals surface area contributed by atoms with Crippen LogP contribution in [0.3, 0.4) is 0 Å². The average molecular weight is 196 g/mol. The van der Waals surface area contributed by atoms with Gasteiger partial charge in [0.05, 0.1) is 25.5 Å². The molecule has 1 aliphatic rings. The smallest absolute Gasteiger partial charge is 0.333 e. The molecule has 0 aromatic heterocycles. The average Bonchev–Trinajstić information content (AvgIpc) is 2.27. The van der Waals surface area contributed by atoms with Crippen LogP contribution in [0.15, 0.2) is 0 Å². The molecule has 0 aliphatic carbocycles. The third-order valence-electron chi connectivity index (χ3n) is 1.64. The number of hydrogen-bond donors (Lipinski definition) is 2. The number of rotatable bonds is 3. The van der Waals surface area contributed by atoms with Crippen LogP contribution in [0.4, 0.5) is 0 Å². The lowest BCUT2D eigenvalue weighted by Crippen LogP contribution is -2.26. The molecule has 3 atom stereocenters. The number of hydrogen-bond acceptors (Lipinski definition) is 5. The van der Waals surface area contributed by atoms with E-state index in [0.29, 0.717) is 0 Å². The van der Waals surface area contributed by atoms with Crippen LogP contribution in [-0.2, 0) is 13.6 Å². The molecule has 12 heavy (non-hydrogen) atoms. The summed E-state index contributed by atoms with van der Waals surface area (Å²) in [5.41, 5.74) is 0. The molecule has 0 aromatic carbocycles. The van der Waals surface area contributed by atoms with E-state index in [2.05, 4.69) is 0 Å². The van der Waals surface area contributed by atoms with Crippen LogP contribution in [0.2, 0.25) is 0 Å². The maximum absolute atomic E-state index is 11.5. The molecule has 6 heteroatoms. The van der Waals surface area contributed by atoms with Gasteiger partial charge in [0.1, 0.15) is 6.10 Å². The lowest BCUT2D eigenvalue weighted by Gasteiger charge is -2.10. The highest BCUT2D eigenvalue weighted by Crippen LogP contribution is 2.54. The second-order valence-corrected chi connectivity index (χ2v) is 4.66. The van der Waals surface area contributed by atoms with E-state index in [0.717, 1.165) is 0 Å². The van der Waals surface area contributed by atoms with Crippen LogP contribution in [0.25, 0.3) is 0 Å². The molecule has 72 valence electrons. The minimum atomic E-state index is -3.11. The van der Waals surface area contributed by atoms with Gasteiger partial charge in [-0.05, 0) is 6.92 Å². The Morgan fingerprint density at radius 2 is 2.42 bits per heavy atom. The van der Waals surface area contributed by atoms with E-state index < -0.39 is 19.8 Å². The first-order valence-electron chi connectivity index (χ1n) is 3.82. The van der Waals surface area contributed by atoms with Gasteiger partial charge in [0.2, 0.25) is 0 Å². The third-order valence-corrected chi connectivity index (χ3v) is 3.71. The Bertz CT molecular complexity index is 194. The van der Waals surface area contributed by atoms with Crippen LogP contribution < -0.4 is 0 Å². The molecule has 0 aromatic rings. The Morgan fingerprint density at radius 3 is 2.83 bits per heavy atom. The van der Waals surface area contributed by atoms with Crippen molar-refractivity contribution in [1.82, 2.24) is 0 Å². The standard InChI is InChI=1S/C6H13O5P/c1-2-10-12(9)4-5(8)6(3-7)11-12/h5-8H,2-4H2,1H3. The predicted octanol–water partition coefficient (Wildman–Crippen LogP) is -0.0320. The minimum Gasteiger partial charge on any atom is -0.394 e. The molecule has 2 N–H and O–H groups in total. The summed E-state index contributed by atoms with van der Waals surface area (Å²) in [7, 11) is -3.11. The Balaban J connectivity index is 2.57. The second-order valence-electron chi connectivity index (χ2n) is 2.61. The summed E-state index contributed by atoms with van der Waals surface area (Å²) in [6.07, 6.45) is -1.67. The van der Waals surface area contributed by atoms with Gasteiger partial charge in [0, 0.05) is 0 Å². The maximum atomic E-state index is 11.5. The summed E-state index contributed by atoms with van der Waals surface area (Å²) in [5.74, 6) is 0. The molecule has 1 fully saturated rings. The molecular formula is C6H13O5P. The molecule has 0 amide bonds. The Kier molecular flexibility index (Phi) is 3.26. The molecule has 0 radical (unpaired) electrons. The summed E-state index contributed by atoms with van der Waals surface area (Å²) in [5, 5.41) is 17.9. The molecule has 1 saturated heterocycles. The fourth-order valence-corrected chi connectivity index (χ4v) is 3.06. The third kappa shape index (κ3) is 2.06. The highest BCUT2D eigenvalue weighted by molar-refractivity contribution is 7.54. The van der Waals surface area contributed by atoms with Crippen LogP contribution in [0.5, 0.6) is 0 Å². The zero-order valence-corrected chi connectivity index (χ0v) is 7.74. The lowest BCUT2D eigenvalue weighted by molar-refractivity contribution is 0.0341. The Morgan fingerprint density at radius 1 is 1.75 bits per heavy atom. The van der Waals surface area contributed by atoms with Crippen LogP contribution in [0.1, 0.15) is 6.92 Å². The van der Waals surface area contributed by atoms with E-state index in [1.54, 1.807) is 6.92 Å². The van der Waals surface area contributed by atoms with Crippen molar-refractivity contribution in [3.05, 3.63) is 0 Å². The van der Waals surface area contributed by atoms with Gasteiger partial charge in [-0.3, -0.25) is 9.09 Å². The maximum Gasteiger partial charge on any atom is 0.333 e. The van der Waals surface area contributed by atoms with Gasteiger partial charge in [-0.25, -0.2) is 0 Å². The largest absolute Gasteiger partial charge is 0.394 e. The topological polar surface area (TPSA) is 76.0 Å². The SMILES string of the molecule is CCOP1(=O)CC(O)C(CO)O1. The van der Waals surface area contributed by atoms with Crippen LogP contribution in [0, 0.1) is 0 Å². The van der Waals surface area contributed by atoms with Crippen molar-refractivity contribution in [1.29, 1.82) is 0 Å². The van der Waals surface area contributed by atoms with Gasteiger partial charge >= 0.3 is 7.60 Å². The highest BCUT2D eigenvalue weighted by Gasteiger charge is 2.42. The van der Waals surface area contributed by atoms with Crippen molar-refractivity contribution in [2.75, 3.05) is 19.4 Å². The molecule has 1 heterocycles. The van der Waals surface area contributed by atoms with Crippen molar-refractivity contribution in [2.45, 2.75) is 19.1 Å². The molecule has 1 rings (SSSR count). The fraction of sp³-hybridized carbons (Fsp3) is 1.00. The fourth-order valence-electron chi connectivity index (χ4n) is 1.10. The van der Waals surface area contributed by atoms with Crippen LogP contribution >= 0.6 is 7.60 Å². The first kappa shape index (κ1) is 10.2. The van der Waals surface area contributed by atoms with E-state index in [-0.39, 0.29) is 19.4 Å². The summed E-state index contributed by atoms with van der Waals surface area (Å²) in [4.78, 5) is 0. The van der Waals surface area contributed by atoms with E-state index >= 15 is 0 Å². The van der Waals surface area contributed by atoms with E-state index in [4.69, 9.17) is 14.2 Å². The van der Waals surface area contributed by atoms with E-state index in [9.17, 15) is 9.67 Å². The first-order chi connectivity index (χ1) is 5.61.